The Morgan fingerprint density at radius 1 is 1.50 bits per heavy atom. The summed E-state index contributed by atoms with van der Waals surface area (Å²) in [5.74, 6) is -0.0512. The molecule has 4 nitrogen and oxygen atoms in total. The van der Waals surface area contributed by atoms with Crippen molar-refractivity contribution in [2.75, 3.05) is 19.6 Å². The first-order valence-corrected chi connectivity index (χ1v) is 6.60. The summed E-state index contributed by atoms with van der Waals surface area (Å²) in [6, 6.07) is 6.30. The number of benzene rings is 1. The third kappa shape index (κ3) is 4.35. The van der Waals surface area contributed by atoms with Gasteiger partial charge in [-0.2, -0.15) is 0 Å². The molecule has 0 saturated carbocycles. The molecule has 0 aliphatic carbocycles. The van der Waals surface area contributed by atoms with Gasteiger partial charge in [-0.3, -0.25) is 4.79 Å². The number of ether oxygens (including phenoxy) is 1. The van der Waals surface area contributed by atoms with Crippen molar-refractivity contribution in [3.63, 3.8) is 0 Å². The van der Waals surface area contributed by atoms with Crippen molar-refractivity contribution in [3.8, 4) is 5.75 Å². The van der Waals surface area contributed by atoms with E-state index in [9.17, 15) is 9.18 Å². The van der Waals surface area contributed by atoms with E-state index < -0.39 is 0 Å². The summed E-state index contributed by atoms with van der Waals surface area (Å²) in [4.78, 5) is 11.7. The van der Waals surface area contributed by atoms with Gasteiger partial charge in [0.05, 0.1) is 12.5 Å². The number of halogens is 2. The number of carbonyl (C=O) groups excluding carboxylic acids is 1. The predicted molar refractivity (Wildman–Crippen MR) is 77.7 cm³/mol. The molecule has 0 bridgehead atoms. The summed E-state index contributed by atoms with van der Waals surface area (Å²) in [5.41, 5.74) is 0. The topological polar surface area (TPSA) is 50.4 Å². The fraction of sp³-hybridized carbons (Fsp3) is 0.500. The van der Waals surface area contributed by atoms with E-state index >= 15 is 0 Å². The lowest BCUT2D eigenvalue weighted by Gasteiger charge is -2.27. The van der Waals surface area contributed by atoms with Crippen molar-refractivity contribution >= 4 is 18.3 Å². The average Bonchev–Trinajstić information content (AvgIpc) is 2.34. The van der Waals surface area contributed by atoms with Crippen LogP contribution in [0.2, 0.25) is 0 Å². The molecule has 0 radical (unpaired) electrons. The van der Waals surface area contributed by atoms with Crippen LogP contribution in [0.5, 0.6) is 5.75 Å². The highest BCUT2D eigenvalue weighted by molar-refractivity contribution is 5.85. The third-order valence-electron chi connectivity index (χ3n) is 3.24. The van der Waals surface area contributed by atoms with Crippen LogP contribution in [0.25, 0.3) is 0 Å². The smallest absolute Gasteiger partial charge is 0.225 e. The summed E-state index contributed by atoms with van der Waals surface area (Å²) < 4.78 is 19.0. The Labute approximate surface area is 124 Å². The molecule has 20 heavy (non-hydrogen) atoms. The fourth-order valence-electron chi connectivity index (χ4n) is 1.82. The summed E-state index contributed by atoms with van der Waals surface area (Å²) >= 11 is 0. The second kappa shape index (κ2) is 8.07. The van der Waals surface area contributed by atoms with Gasteiger partial charge in [0.2, 0.25) is 5.91 Å². The highest BCUT2D eigenvalue weighted by atomic mass is 35.5. The molecule has 1 aromatic carbocycles. The van der Waals surface area contributed by atoms with Crippen LogP contribution in [0.3, 0.4) is 0 Å². The van der Waals surface area contributed by atoms with E-state index in [4.69, 9.17) is 4.74 Å². The number of hydrogen-bond acceptors (Lipinski definition) is 3. The van der Waals surface area contributed by atoms with Gasteiger partial charge in [-0.25, -0.2) is 4.39 Å². The number of nitrogens with one attached hydrogen (secondary N) is 2. The van der Waals surface area contributed by atoms with Crippen molar-refractivity contribution < 1.29 is 13.9 Å². The zero-order valence-electron chi connectivity index (χ0n) is 11.4. The predicted octanol–water partition coefficient (Wildman–Crippen LogP) is 1.74. The Balaban J connectivity index is 0.00000200. The second-order valence-electron chi connectivity index (χ2n) is 4.68. The molecule has 1 aliphatic heterocycles. The van der Waals surface area contributed by atoms with Gasteiger partial charge in [0.15, 0.2) is 11.6 Å². The minimum atomic E-state index is -0.379. The first-order valence-electron chi connectivity index (χ1n) is 6.60. The van der Waals surface area contributed by atoms with Crippen LogP contribution in [0.4, 0.5) is 4.39 Å². The Morgan fingerprint density at radius 2 is 2.20 bits per heavy atom. The van der Waals surface area contributed by atoms with E-state index in [1.807, 2.05) is 6.92 Å². The Kier molecular flexibility index (Phi) is 6.75. The zero-order valence-corrected chi connectivity index (χ0v) is 12.2. The summed E-state index contributed by atoms with van der Waals surface area (Å²) in [7, 11) is 0. The first-order chi connectivity index (χ1) is 9.20. The SMILES string of the molecule is CCC(CNC(=O)C1CNC1)Oc1ccccc1F.Cl. The highest BCUT2D eigenvalue weighted by Crippen LogP contribution is 2.17. The maximum atomic E-state index is 13.5. The molecule has 1 unspecified atom stereocenters. The molecule has 6 heteroatoms. The first kappa shape index (κ1) is 16.7. The fourth-order valence-corrected chi connectivity index (χ4v) is 1.82. The minimum Gasteiger partial charge on any atom is -0.486 e. The number of amides is 1. The van der Waals surface area contributed by atoms with E-state index in [2.05, 4.69) is 10.6 Å². The Hall–Kier alpha value is -1.33. The van der Waals surface area contributed by atoms with Crippen molar-refractivity contribution in [2.45, 2.75) is 19.4 Å². The monoisotopic (exact) mass is 302 g/mol. The maximum Gasteiger partial charge on any atom is 0.225 e. The van der Waals surface area contributed by atoms with Crippen LogP contribution in [0, 0.1) is 11.7 Å². The van der Waals surface area contributed by atoms with Crippen LogP contribution in [-0.4, -0.2) is 31.6 Å². The average molecular weight is 303 g/mol. The van der Waals surface area contributed by atoms with Gasteiger partial charge in [0.25, 0.3) is 0 Å². The quantitative estimate of drug-likeness (QED) is 0.841. The molecule has 1 atom stereocenters. The van der Waals surface area contributed by atoms with Gasteiger partial charge < -0.3 is 15.4 Å². The minimum absolute atomic E-state index is 0. The molecule has 1 aromatic rings. The molecular formula is C14H20ClFN2O2. The zero-order chi connectivity index (χ0) is 13.7. The second-order valence-corrected chi connectivity index (χ2v) is 4.68. The third-order valence-corrected chi connectivity index (χ3v) is 3.24. The summed E-state index contributed by atoms with van der Waals surface area (Å²) in [5, 5.41) is 5.90. The largest absolute Gasteiger partial charge is 0.486 e. The van der Waals surface area contributed by atoms with E-state index in [1.54, 1.807) is 18.2 Å². The molecule has 2 N–H and O–H groups in total. The molecule has 1 heterocycles. The van der Waals surface area contributed by atoms with Gasteiger partial charge in [-0.05, 0) is 18.6 Å². The van der Waals surface area contributed by atoms with Crippen LogP contribution < -0.4 is 15.4 Å². The number of hydrogen-bond donors (Lipinski definition) is 2. The van der Waals surface area contributed by atoms with E-state index in [0.717, 1.165) is 13.1 Å². The van der Waals surface area contributed by atoms with Gasteiger partial charge in [-0.1, -0.05) is 19.1 Å². The van der Waals surface area contributed by atoms with Crippen molar-refractivity contribution in [1.82, 2.24) is 10.6 Å². The van der Waals surface area contributed by atoms with Gasteiger partial charge in [-0.15, -0.1) is 12.4 Å². The molecule has 112 valence electrons. The Morgan fingerprint density at radius 3 is 2.75 bits per heavy atom. The standard InChI is InChI=1S/C14H19FN2O2.ClH/c1-2-11(9-17-14(18)10-7-16-8-10)19-13-6-4-3-5-12(13)15;/h3-6,10-11,16H,2,7-9H2,1H3,(H,17,18);1H. The van der Waals surface area contributed by atoms with Crippen LogP contribution >= 0.6 is 12.4 Å². The lowest BCUT2D eigenvalue weighted by Crippen LogP contribution is -2.52. The molecule has 1 saturated heterocycles. The molecule has 0 spiro atoms. The molecule has 0 aromatic heterocycles. The van der Waals surface area contributed by atoms with E-state index in [0.29, 0.717) is 13.0 Å². The number of carbonyl (C=O) groups is 1. The van der Waals surface area contributed by atoms with Crippen LogP contribution in [0.15, 0.2) is 24.3 Å². The number of rotatable bonds is 6. The summed E-state index contributed by atoms with van der Waals surface area (Å²) in [6.45, 7) is 3.82. The van der Waals surface area contributed by atoms with Crippen molar-refractivity contribution in [1.29, 1.82) is 0 Å². The lowest BCUT2D eigenvalue weighted by atomic mass is 10.0. The summed E-state index contributed by atoms with van der Waals surface area (Å²) in [6.07, 6.45) is 0.492. The highest BCUT2D eigenvalue weighted by Gasteiger charge is 2.25. The van der Waals surface area contributed by atoms with Crippen molar-refractivity contribution in [3.05, 3.63) is 30.1 Å². The molecule has 2 rings (SSSR count). The van der Waals surface area contributed by atoms with Gasteiger partial charge >= 0.3 is 0 Å². The molecular weight excluding hydrogens is 283 g/mol. The molecule has 1 amide bonds. The molecule has 1 aliphatic rings. The van der Waals surface area contributed by atoms with E-state index in [-0.39, 0.29) is 41.9 Å². The Bertz CT molecular complexity index is 441. The van der Waals surface area contributed by atoms with Gasteiger partial charge in [0.1, 0.15) is 6.10 Å². The van der Waals surface area contributed by atoms with E-state index in [1.165, 1.54) is 6.07 Å². The van der Waals surface area contributed by atoms with Crippen LogP contribution in [0.1, 0.15) is 13.3 Å². The molecule has 1 fully saturated rings. The normalized spacial score (nSPS) is 15.7. The lowest BCUT2D eigenvalue weighted by molar-refractivity contribution is -0.126. The number of para-hydroxylation sites is 1. The van der Waals surface area contributed by atoms with Crippen LogP contribution in [-0.2, 0) is 4.79 Å². The van der Waals surface area contributed by atoms with Crippen molar-refractivity contribution in [2.24, 2.45) is 5.92 Å². The van der Waals surface area contributed by atoms with Gasteiger partial charge in [0, 0.05) is 13.1 Å². The maximum absolute atomic E-state index is 13.5.